The van der Waals surface area contributed by atoms with Gasteiger partial charge in [0, 0.05) is 6.54 Å². The van der Waals surface area contributed by atoms with Crippen molar-refractivity contribution in [3.63, 3.8) is 0 Å². The molecular formula is C6H8N4O3. The van der Waals surface area contributed by atoms with Crippen molar-refractivity contribution in [2.24, 2.45) is 10.7 Å². The Labute approximate surface area is 73.6 Å². The van der Waals surface area contributed by atoms with Crippen molar-refractivity contribution in [3.05, 3.63) is 0 Å². The Morgan fingerprint density at radius 2 is 2.23 bits per heavy atom. The van der Waals surface area contributed by atoms with Crippen LogP contribution in [0.1, 0.15) is 6.92 Å². The molecule has 0 unspecified atom stereocenters. The van der Waals surface area contributed by atoms with E-state index in [9.17, 15) is 14.4 Å². The van der Waals surface area contributed by atoms with E-state index in [0.717, 1.165) is 4.90 Å². The SMILES string of the molecule is CCN1C(=O)NC(=O)/C1=N\C(N)=O. The number of primary amides is 1. The minimum Gasteiger partial charge on any atom is -0.350 e. The van der Waals surface area contributed by atoms with E-state index in [1.54, 1.807) is 6.92 Å². The zero-order chi connectivity index (χ0) is 10.0. The second-order valence-electron chi connectivity index (χ2n) is 2.28. The van der Waals surface area contributed by atoms with Crippen LogP contribution in [-0.4, -0.2) is 35.2 Å². The highest BCUT2D eigenvalue weighted by Gasteiger charge is 2.33. The Hall–Kier alpha value is -1.92. The minimum absolute atomic E-state index is 0.250. The zero-order valence-electron chi connectivity index (χ0n) is 6.90. The van der Waals surface area contributed by atoms with Crippen LogP contribution < -0.4 is 11.1 Å². The van der Waals surface area contributed by atoms with Crippen molar-refractivity contribution in [2.75, 3.05) is 6.54 Å². The van der Waals surface area contributed by atoms with E-state index in [0.29, 0.717) is 0 Å². The second kappa shape index (κ2) is 3.21. The smallest absolute Gasteiger partial charge is 0.340 e. The van der Waals surface area contributed by atoms with Crippen LogP contribution in [0.4, 0.5) is 9.59 Å². The molecular weight excluding hydrogens is 176 g/mol. The quantitative estimate of drug-likeness (QED) is 0.512. The first kappa shape index (κ1) is 9.17. The molecule has 1 fully saturated rings. The number of carbonyl (C=O) groups is 3. The number of urea groups is 2. The van der Waals surface area contributed by atoms with Gasteiger partial charge in [-0.1, -0.05) is 0 Å². The molecule has 0 aliphatic carbocycles. The van der Waals surface area contributed by atoms with Gasteiger partial charge in [0.25, 0.3) is 5.91 Å². The van der Waals surface area contributed by atoms with Crippen molar-refractivity contribution in [1.82, 2.24) is 10.2 Å². The number of nitrogens with one attached hydrogen (secondary N) is 1. The van der Waals surface area contributed by atoms with E-state index in [4.69, 9.17) is 5.73 Å². The van der Waals surface area contributed by atoms with Crippen molar-refractivity contribution in [2.45, 2.75) is 6.92 Å². The molecule has 7 heteroatoms. The number of likely N-dealkylation sites (N-methyl/N-ethyl adjacent to an activating group) is 1. The van der Waals surface area contributed by atoms with Gasteiger partial charge >= 0.3 is 12.1 Å². The lowest BCUT2D eigenvalue weighted by atomic mass is 10.5. The van der Waals surface area contributed by atoms with Crippen LogP contribution >= 0.6 is 0 Å². The molecule has 0 aromatic rings. The molecule has 1 rings (SSSR count). The number of nitrogens with zero attached hydrogens (tertiary/aromatic N) is 2. The lowest BCUT2D eigenvalue weighted by Crippen LogP contribution is -2.31. The molecule has 1 aliphatic rings. The fraction of sp³-hybridized carbons (Fsp3) is 0.333. The first-order valence-electron chi connectivity index (χ1n) is 3.57. The number of amidine groups is 1. The molecule has 0 aromatic carbocycles. The van der Waals surface area contributed by atoms with Crippen LogP contribution in [0.15, 0.2) is 4.99 Å². The van der Waals surface area contributed by atoms with Crippen molar-refractivity contribution < 1.29 is 14.4 Å². The third-order valence-corrected chi connectivity index (χ3v) is 1.46. The van der Waals surface area contributed by atoms with Crippen LogP contribution in [0.5, 0.6) is 0 Å². The summed E-state index contributed by atoms with van der Waals surface area (Å²) in [5.74, 6) is -0.953. The molecule has 70 valence electrons. The molecule has 13 heavy (non-hydrogen) atoms. The van der Waals surface area contributed by atoms with Gasteiger partial charge in [-0.3, -0.25) is 15.0 Å². The average molecular weight is 184 g/mol. The maximum Gasteiger partial charge on any atom is 0.340 e. The van der Waals surface area contributed by atoms with Gasteiger partial charge in [-0.15, -0.1) is 0 Å². The van der Waals surface area contributed by atoms with E-state index < -0.39 is 18.0 Å². The average Bonchev–Trinajstić information content (AvgIpc) is 2.26. The summed E-state index contributed by atoms with van der Waals surface area (Å²) in [4.78, 5) is 36.6. The second-order valence-corrected chi connectivity index (χ2v) is 2.28. The predicted molar refractivity (Wildman–Crippen MR) is 42.9 cm³/mol. The number of carbonyl (C=O) groups excluding carboxylic acids is 3. The molecule has 0 radical (unpaired) electrons. The van der Waals surface area contributed by atoms with E-state index in [1.807, 2.05) is 5.32 Å². The highest BCUT2D eigenvalue weighted by Crippen LogP contribution is 2.01. The van der Waals surface area contributed by atoms with Crippen LogP contribution in [0.25, 0.3) is 0 Å². The summed E-state index contributed by atoms with van der Waals surface area (Å²) in [5, 5.41) is 1.98. The van der Waals surface area contributed by atoms with Gasteiger partial charge in [0.1, 0.15) is 0 Å². The molecule has 1 saturated heterocycles. The maximum absolute atomic E-state index is 11.0. The molecule has 0 atom stereocenters. The standard InChI is InChI=1S/C6H8N4O3/c1-2-10-3(8-5(7)12)4(11)9-6(10)13/h2H2,1H3,(H2,7,12)(H,9,11,13)/b8-3+. The number of imide groups is 1. The van der Waals surface area contributed by atoms with Crippen LogP contribution in [0.2, 0.25) is 0 Å². The Morgan fingerprint density at radius 3 is 2.69 bits per heavy atom. The summed E-state index contributed by atoms with van der Waals surface area (Å²) >= 11 is 0. The Bertz CT molecular complexity index is 309. The number of hydrogen-bond donors (Lipinski definition) is 2. The third kappa shape index (κ3) is 1.63. The van der Waals surface area contributed by atoms with Crippen molar-refractivity contribution in [1.29, 1.82) is 0 Å². The van der Waals surface area contributed by atoms with Gasteiger partial charge in [-0.2, -0.15) is 4.99 Å². The van der Waals surface area contributed by atoms with Crippen molar-refractivity contribution in [3.8, 4) is 0 Å². The third-order valence-electron chi connectivity index (χ3n) is 1.46. The minimum atomic E-state index is -1.00. The molecule has 5 amide bonds. The molecule has 3 N–H and O–H groups in total. The first-order chi connectivity index (χ1) is 6.06. The van der Waals surface area contributed by atoms with E-state index in [1.165, 1.54) is 0 Å². The Kier molecular flexibility index (Phi) is 2.27. The maximum atomic E-state index is 11.0. The van der Waals surface area contributed by atoms with E-state index in [2.05, 4.69) is 4.99 Å². The molecule has 1 aliphatic heterocycles. The molecule has 1 heterocycles. The molecule has 0 aromatic heterocycles. The highest BCUT2D eigenvalue weighted by molar-refractivity contribution is 6.48. The van der Waals surface area contributed by atoms with Gasteiger partial charge in [-0.05, 0) is 6.92 Å². The van der Waals surface area contributed by atoms with E-state index >= 15 is 0 Å². The number of nitrogens with two attached hydrogens (primary N) is 1. The summed E-state index contributed by atoms with van der Waals surface area (Å²) in [6, 6.07) is -1.59. The topological polar surface area (TPSA) is 105 Å². The number of amides is 5. The monoisotopic (exact) mass is 184 g/mol. The van der Waals surface area contributed by atoms with Crippen molar-refractivity contribution >= 4 is 23.8 Å². The lowest BCUT2D eigenvalue weighted by molar-refractivity contribution is -0.113. The summed E-state index contributed by atoms with van der Waals surface area (Å²) in [5.41, 5.74) is 4.75. The molecule has 0 saturated carbocycles. The lowest BCUT2D eigenvalue weighted by Gasteiger charge is -2.08. The van der Waals surface area contributed by atoms with Gasteiger partial charge < -0.3 is 5.73 Å². The predicted octanol–water partition coefficient (Wildman–Crippen LogP) is -0.965. The molecule has 0 bridgehead atoms. The van der Waals surface area contributed by atoms with Crippen LogP contribution in [0.3, 0.4) is 0 Å². The summed E-state index contributed by atoms with van der Waals surface area (Å²) in [6.45, 7) is 1.90. The summed E-state index contributed by atoms with van der Waals surface area (Å²) in [7, 11) is 0. The largest absolute Gasteiger partial charge is 0.350 e. The fourth-order valence-electron chi connectivity index (χ4n) is 0.948. The van der Waals surface area contributed by atoms with Gasteiger partial charge in [0.15, 0.2) is 0 Å². The van der Waals surface area contributed by atoms with Gasteiger partial charge in [0.05, 0.1) is 0 Å². The van der Waals surface area contributed by atoms with E-state index in [-0.39, 0.29) is 12.4 Å². The Morgan fingerprint density at radius 1 is 1.62 bits per heavy atom. The Balaban J connectivity index is 3.00. The normalized spacial score (nSPS) is 19.5. The van der Waals surface area contributed by atoms with Crippen LogP contribution in [0, 0.1) is 0 Å². The van der Waals surface area contributed by atoms with Gasteiger partial charge in [0.2, 0.25) is 5.84 Å². The summed E-state index contributed by atoms with van der Waals surface area (Å²) < 4.78 is 0. The first-order valence-corrected chi connectivity index (χ1v) is 3.57. The van der Waals surface area contributed by atoms with Gasteiger partial charge in [-0.25, -0.2) is 9.59 Å². The molecule has 7 nitrogen and oxygen atoms in total. The molecule has 0 spiro atoms. The number of hydrogen-bond acceptors (Lipinski definition) is 3. The zero-order valence-corrected chi connectivity index (χ0v) is 6.90. The fourth-order valence-corrected chi connectivity index (χ4v) is 0.948. The summed E-state index contributed by atoms with van der Waals surface area (Å²) in [6.07, 6.45) is 0. The van der Waals surface area contributed by atoms with Crippen LogP contribution in [-0.2, 0) is 4.79 Å². The highest BCUT2D eigenvalue weighted by atomic mass is 16.2. The number of aliphatic imine (C=N–C) groups is 1. The number of rotatable bonds is 1.